The molecule has 3 aromatic rings. The Balaban J connectivity index is 0.00000225. The van der Waals surface area contributed by atoms with Crippen LogP contribution in [0.4, 0.5) is 5.13 Å². The van der Waals surface area contributed by atoms with Gasteiger partial charge in [-0.3, -0.25) is 10.1 Å². The van der Waals surface area contributed by atoms with Crippen molar-refractivity contribution < 1.29 is 4.79 Å². The van der Waals surface area contributed by atoms with Crippen LogP contribution in [0.15, 0.2) is 30.5 Å². The number of aromatic nitrogens is 3. The molecule has 25 heavy (non-hydrogen) atoms. The number of aromatic amines is 1. The van der Waals surface area contributed by atoms with E-state index in [9.17, 15) is 4.79 Å². The summed E-state index contributed by atoms with van der Waals surface area (Å²) in [4.78, 5) is 15.5. The molecule has 0 aliphatic rings. The maximum Gasteiger partial charge on any atom is 0.243 e. The molecule has 0 unspecified atom stereocenters. The lowest BCUT2D eigenvalue weighted by Crippen LogP contribution is -2.37. The molecule has 2 heterocycles. The molecule has 0 saturated carbocycles. The zero-order valence-corrected chi connectivity index (χ0v) is 15.8. The van der Waals surface area contributed by atoms with Crippen molar-refractivity contribution in [1.82, 2.24) is 15.2 Å². The summed E-state index contributed by atoms with van der Waals surface area (Å²) >= 11 is 1.40. The smallest absolute Gasteiger partial charge is 0.243 e. The van der Waals surface area contributed by atoms with Crippen LogP contribution in [-0.4, -0.2) is 27.1 Å². The second kappa shape index (κ2) is 8.42. The molecule has 6 nitrogen and oxygen atoms in total. The van der Waals surface area contributed by atoms with Gasteiger partial charge in [-0.25, -0.2) is 0 Å². The predicted molar refractivity (Wildman–Crippen MR) is 104 cm³/mol. The Morgan fingerprint density at radius 2 is 2.04 bits per heavy atom. The Hall–Kier alpha value is -1.96. The fraction of sp³-hybridized carbons (Fsp3) is 0.353. The van der Waals surface area contributed by atoms with Crippen LogP contribution in [0.3, 0.4) is 0 Å². The molecule has 0 radical (unpaired) electrons. The van der Waals surface area contributed by atoms with E-state index >= 15 is 0 Å². The van der Waals surface area contributed by atoms with Crippen LogP contribution in [0.1, 0.15) is 24.4 Å². The van der Waals surface area contributed by atoms with E-state index in [1.807, 2.05) is 30.5 Å². The van der Waals surface area contributed by atoms with Gasteiger partial charge in [-0.2, -0.15) is 0 Å². The Morgan fingerprint density at radius 3 is 2.80 bits per heavy atom. The molecular formula is C17H22ClN5OS. The van der Waals surface area contributed by atoms with Crippen LogP contribution >= 0.6 is 23.7 Å². The molecule has 1 atom stereocenters. The van der Waals surface area contributed by atoms with Crippen LogP contribution in [0.2, 0.25) is 0 Å². The van der Waals surface area contributed by atoms with Gasteiger partial charge in [-0.1, -0.05) is 43.4 Å². The molecule has 0 saturated heterocycles. The monoisotopic (exact) mass is 379 g/mol. The number of benzene rings is 1. The third-order valence-electron chi connectivity index (χ3n) is 3.73. The summed E-state index contributed by atoms with van der Waals surface area (Å²) in [6, 6.07) is 7.33. The fourth-order valence-electron chi connectivity index (χ4n) is 2.56. The lowest BCUT2D eigenvalue weighted by molar-refractivity contribution is -0.117. The summed E-state index contributed by atoms with van der Waals surface area (Å²) in [5.74, 6) is 0.262. The Labute approximate surface area is 156 Å². The second-order valence-corrected chi connectivity index (χ2v) is 7.32. The van der Waals surface area contributed by atoms with Gasteiger partial charge in [0.2, 0.25) is 11.0 Å². The first-order chi connectivity index (χ1) is 11.5. The molecule has 8 heteroatoms. The van der Waals surface area contributed by atoms with Gasteiger partial charge >= 0.3 is 0 Å². The van der Waals surface area contributed by atoms with E-state index in [-0.39, 0.29) is 18.3 Å². The first-order valence-electron chi connectivity index (χ1n) is 7.96. The standard InChI is InChI=1S/C17H21N5OS.ClH/c1-10(2)7-15-21-22-17(24-15)20-16(23)13(18)8-11-9-19-14-6-4-3-5-12(11)14;/h3-6,9-10,13,19H,7-8,18H2,1-2H3,(H,20,22,23);1H/t13-;/m0./s1. The number of amides is 1. The number of carbonyl (C=O) groups is 1. The van der Waals surface area contributed by atoms with Gasteiger partial charge in [0, 0.05) is 23.5 Å². The average Bonchev–Trinajstić information content (AvgIpc) is 3.14. The summed E-state index contributed by atoms with van der Waals surface area (Å²) in [7, 11) is 0. The fourth-order valence-corrected chi connectivity index (χ4v) is 3.52. The molecule has 0 spiro atoms. The van der Waals surface area contributed by atoms with Crippen LogP contribution in [-0.2, 0) is 17.6 Å². The molecule has 0 aliphatic carbocycles. The van der Waals surface area contributed by atoms with E-state index in [0.717, 1.165) is 27.9 Å². The van der Waals surface area contributed by atoms with Gasteiger partial charge in [0.25, 0.3) is 0 Å². The van der Waals surface area contributed by atoms with Gasteiger partial charge < -0.3 is 10.7 Å². The summed E-state index contributed by atoms with van der Waals surface area (Å²) in [5, 5.41) is 13.4. The van der Waals surface area contributed by atoms with Gasteiger partial charge in [-0.15, -0.1) is 22.6 Å². The summed E-state index contributed by atoms with van der Waals surface area (Å²) in [6.07, 6.45) is 3.23. The van der Waals surface area contributed by atoms with Crippen LogP contribution in [0, 0.1) is 5.92 Å². The predicted octanol–water partition coefficient (Wildman–Crippen LogP) is 3.15. The Morgan fingerprint density at radius 1 is 1.28 bits per heavy atom. The third kappa shape index (κ3) is 4.78. The molecule has 3 rings (SSSR count). The van der Waals surface area contributed by atoms with Crippen molar-refractivity contribution >= 4 is 45.7 Å². The van der Waals surface area contributed by atoms with Crippen LogP contribution < -0.4 is 11.1 Å². The number of carbonyl (C=O) groups excluding carboxylic acids is 1. The molecule has 4 N–H and O–H groups in total. The first kappa shape index (κ1) is 19.4. The topological polar surface area (TPSA) is 96.7 Å². The van der Waals surface area contributed by atoms with E-state index in [1.54, 1.807) is 0 Å². The van der Waals surface area contributed by atoms with E-state index in [2.05, 4.69) is 34.3 Å². The van der Waals surface area contributed by atoms with Crippen molar-refractivity contribution in [1.29, 1.82) is 0 Å². The van der Waals surface area contributed by atoms with Gasteiger partial charge in [0.15, 0.2) is 0 Å². The number of nitrogens with zero attached hydrogens (tertiary/aromatic N) is 2. The number of para-hydroxylation sites is 1. The highest BCUT2D eigenvalue weighted by Crippen LogP contribution is 2.20. The number of nitrogens with two attached hydrogens (primary N) is 1. The minimum Gasteiger partial charge on any atom is -0.361 e. The normalized spacial score (nSPS) is 12.2. The van der Waals surface area contributed by atoms with E-state index in [4.69, 9.17) is 5.73 Å². The lowest BCUT2D eigenvalue weighted by Gasteiger charge is -2.09. The maximum atomic E-state index is 12.3. The Bertz CT molecular complexity index is 844. The molecule has 0 bridgehead atoms. The third-order valence-corrected chi connectivity index (χ3v) is 4.59. The summed E-state index contributed by atoms with van der Waals surface area (Å²) in [5.41, 5.74) is 8.14. The van der Waals surface area contributed by atoms with Crippen LogP contribution in [0.25, 0.3) is 10.9 Å². The second-order valence-electron chi connectivity index (χ2n) is 6.26. The van der Waals surface area contributed by atoms with Gasteiger partial charge in [-0.05, 0) is 24.0 Å². The van der Waals surface area contributed by atoms with Gasteiger partial charge in [0.05, 0.1) is 6.04 Å². The SMILES string of the molecule is CC(C)Cc1nnc(NC(=O)[C@@H](N)Cc2c[nH]c3ccccc23)s1.Cl. The molecular weight excluding hydrogens is 358 g/mol. The number of hydrogen-bond acceptors (Lipinski definition) is 5. The number of hydrogen-bond donors (Lipinski definition) is 3. The van der Waals surface area contributed by atoms with Crippen molar-refractivity contribution in [2.45, 2.75) is 32.7 Å². The zero-order chi connectivity index (χ0) is 17.1. The number of halogens is 1. The van der Waals surface area contributed by atoms with Crippen molar-refractivity contribution in [3.05, 3.63) is 41.0 Å². The number of fused-ring (bicyclic) bond motifs is 1. The van der Waals surface area contributed by atoms with Crippen molar-refractivity contribution in [3.8, 4) is 0 Å². The van der Waals surface area contributed by atoms with E-state index in [0.29, 0.717) is 17.5 Å². The summed E-state index contributed by atoms with van der Waals surface area (Å²) in [6.45, 7) is 4.24. The lowest BCUT2D eigenvalue weighted by atomic mass is 10.1. The minimum atomic E-state index is -0.637. The molecule has 1 amide bonds. The molecule has 2 aromatic heterocycles. The van der Waals surface area contributed by atoms with Crippen LogP contribution in [0.5, 0.6) is 0 Å². The number of nitrogens with one attached hydrogen (secondary N) is 2. The first-order valence-corrected chi connectivity index (χ1v) is 8.78. The highest BCUT2D eigenvalue weighted by Gasteiger charge is 2.18. The Kier molecular flexibility index (Phi) is 6.52. The molecule has 0 fully saturated rings. The largest absolute Gasteiger partial charge is 0.361 e. The van der Waals surface area contributed by atoms with Gasteiger partial charge in [0.1, 0.15) is 5.01 Å². The zero-order valence-electron chi connectivity index (χ0n) is 14.2. The van der Waals surface area contributed by atoms with E-state index < -0.39 is 6.04 Å². The summed E-state index contributed by atoms with van der Waals surface area (Å²) < 4.78 is 0. The molecule has 1 aromatic carbocycles. The quantitative estimate of drug-likeness (QED) is 0.612. The highest BCUT2D eigenvalue weighted by atomic mass is 35.5. The molecule has 0 aliphatic heterocycles. The molecule has 134 valence electrons. The highest BCUT2D eigenvalue weighted by molar-refractivity contribution is 7.15. The number of H-pyrrole nitrogens is 1. The number of rotatable bonds is 6. The van der Waals surface area contributed by atoms with Crippen molar-refractivity contribution in [3.63, 3.8) is 0 Å². The number of anilines is 1. The maximum absolute atomic E-state index is 12.3. The minimum absolute atomic E-state index is 0. The average molecular weight is 380 g/mol. The van der Waals surface area contributed by atoms with Crippen molar-refractivity contribution in [2.24, 2.45) is 11.7 Å². The van der Waals surface area contributed by atoms with Crippen molar-refractivity contribution in [2.75, 3.05) is 5.32 Å². The van der Waals surface area contributed by atoms with E-state index in [1.165, 1.54) is 11.3 Å².